The van der Waals surface area contributed by atoms with Gasteiger partial charge >= 0.3 is 0 Å². The lowest BCUT2D eigenvalue weighted by Crippen LogP contribution is -2.44. The molecule has 1 saturated heterocycles. The number of ether oxygens (including phenoxy) is 1. The van der Waals surface area contributed by atoms with Crippen LogP contribution in [0, 0.1) is 5.82 Å². The number of hydrogen-bond acceptors (Lipinski definition) is 4. The molecule has 0 spiro atoms. The fraction of sp³-hybridized carbons (Fsp3) is 0.333. The minimum absolute atomic E-state index is 0. The Hall–Kier alpha value is -2.82. The number of imidazole rings is 1. The van der Waals surface area contributed by atoms with Crippen molar-refractivity contribution in [2.45, 2.75) is 25.9 Å². The summed E-state index contributed by atoms with van der Waals surface area (Å²) in [5.74, 6) is 1.32. The molecule has 3 aromatic rings. The highest BCUT2D eigenvalue weighted by Crippen LogP contribution is 2.30. The van der Waals surface area contributed by atoms with Gasteiger partial charge in [-0.1, -0.05) is 18.2 Å². The smallest absolute Gasteiger partial charge is 0.191 e. The molecule has 2 aromatic carbocycles. The third-order valence-corrected chi connectivity index (χ3v) is 5.51. The monoisotopic (exact) mass is 564 g/mol. The van der Waals surface area contributed by atoms with Gasteiger partial charge in [-0.3, -0.25) is 0 Å². The van der Waals surface area contributed by atoms with Crippen molar-refractivity contribution in [3.8, 4) is 11.4 Å². The van der Waals surface area contributed by atoms with E-state index in [2.05, 4.69) is 31.6 Å². The number of nitrogens with zero attached hydrogens (tertiary/aromatic N) is 4. The minimum atomic E-state index is -0.295. The Morgan fingerprint density at radius 3 is 2.82 bits per heavy atom. The molecule has 33 heavy (non-hydrogen) atoms. The summed E-state index contributed by atoms with van der Waals surface area (Å²) in [5.41, 5.74) is 2.39. The maximum Gasteiger partial charge on any atom is 0.191 e. The molecular weight excluding hydrogens is 534 g/mol. The van der Waals surface area contributed by atoms with E-state index < -0.39 is 0 Å². The fourth-order valence-electron chi connectivity index (χ4n) is 3.93. The third kappa shape index (κ3) is 6.16. The summed E-state index contributed by atoms with van der Waals surface area (Å²) < 4.78 is 21.7. The van der Waals surface area contributed by atoms with Gasteiger partial charge in [0.1, 0.15) is 11.6 Å². The molecule has 2 heterocycles. The van der Waals surface area contributed by atoms with E-state index in [9.17, 15) is 4.39 Å². The zero-order valence-corrected chi connectivity index (χ0v) is 21.2. The predicted molar refractivity (Wildman–Crippen MR) is 141 cm³/mol. The van der Waals surface area contributed by atoms with Crippen LogP contribution in [-0.4, -0.2) is 48.3 Å². The summed E-state index contributed by atoms with van der Waals surface area (Å²) in [7, 11) is 1.70. The second-order valence-corrected chi connectivity index (χ2v) is 7.70. The van der Waals surface area contributed by atoms with Crippen LogP contribution in [0.3, 0.4) is 0 Å². The number of aliphatic imine (C=N–C) groups is 1. The van der Waals surface area contributed by atoms with Crippen LogP contribution in [0.15, 0.2) is 66.2 Å². The first-order valence-electron chi connectivity index (χ1n) is 10.9. The second-order valence-electron chi connectivity index (χ2n) is 7.70. The van der Waals surface area contributed by atoms with Crippen LogP contribution in [-0.2, 0) is 6.54 Å². The van der Waals surface area contributed by atoms with Gasteiger partial charge in [0, 0.05) is 38.1 Å². The van der Waals surface area contributed by atoms with Crippen molar-refractivity contribution >= 4 is 35.6 Å². The number of rotatable bonds is 7. The lowest BCUT2D eigenvalue weighted by Gasteiger charge is -2.22. The van der Waals surface area contributed by atoms with Crippen LogP contribution < -0.4 is 20.3 Å². The van der Waals surface area contributed by atoms with Crippen LogP contribution in [0.5, 0.6) is 5.75 Å². The summed E-state index contributed by atoms with van der Waals surface area (Å²) in [6.07, 6.45) is 5.93. The van der Waals surface area contributed by atoms with Gasteiger partial charge in [0.15, 0.2) is 5.96 Å². The van der Waals surface area contributed by atoms with Gasteiger partial charge in [-0.05, 0) is 43.2 Å². The van der Waals surface area contributed by atoms with Crippen molar-refractivity contribution in [2.75, 3.05) is 31.6 Å². The topological polar surface area (TPSA) is 66.7 Å². The summed E-state index contributed by atoms with van der Waals surface area (Å²) in [5, 5.41) is 6.82. The highest BCUT2D eigenvalue weighted by atomic mass is 127. The van der Waals surface area contributed by atoms with E-state index in [0.29, 0.717) is 12.2 Å². The largest absolute Gasteiger partial charge is 0.495 e. The van der Waals surface area contributed by atoms with E-state index in [0.717, 1.165) is 49.0 Å². The Morgan fingerprint density at radius 2 is 2.09 bits per heavy atom. The maximum atomic E-state index is 14.5. The molecule has 0 bridgehead atoms. The molecule has 0 amide bonds. The number of hydrogen-bond donors (Lipinski definition) is 2. The molecule has 1 aliphatic heterocycles. The van der Waals surface area contributed by atoms with Crippen LogP contribution in [0.1, 0.15) is 18.9 Å². The standard InChI is InChI=1S/C24H29FN6O.HI/c1-3-27-24(28-15-18-8-9-21(20(25)14-18)31-13-11-26-17-31)29-19-10-12-30(16-19)22-6-4-5-7-23(22)32-2;/h4-9,11,13-14,17,19H,3,10,12,15-16H2,1-2H3,(H2,27,28,29);1H. The number of anilines is 1. The molecule has 1 fully saturated rings. The molecule has 1 aliphatic rings. The maximum absolute atomic E-state index is 14.5. The number of halogens is 2. The van der Waals surface area contributed by atoms with Crippen LogP contribution in [0.2, 0.25) is 0 Å². The summed E-state index contributed by atoms with van der Waals surface area (Å²) in [6.45, 7) is 4.98. The van der Waals surface area contributed by atoms with Gasteiger partial charge in [0.25, 0.3) is 0 Å². The van der Waals surface area contributed by atoms with E-state index in [1.54, 1.807) is 36.5 Å². The lowest BCUT2D eigenvalue weighted by molar-refractivity contribution is 0.415. The Labute approximate surface area is 211 Å². The number of benzene rings is 2. The molecule has 1 aromatic heterocycles. The number of aromatic nitrogens is 2. The van der Waals surface area contributed by atoms with Gasteiger partial charge < -0.3 is 24.8 Å². The number of para-hydroxylation sites is 2. The molecule has 4 rings (SSSR count). The quantitative estimate of drug-likeness (QED) is 0.259. The van der Waals surface area contributed by atoms with Gasteiger partial charge in [-0.2, -0.15) is 0 Å². The zero-order valence-electron chi connectivity index (χ0n) is 18.9. The van der Waals surface area contributed by atoms with E-state index >= 15 is 0 Å². The molecule has 1 atom stereocenters. The molecule has 0 saturated carbocycles. The molecule has 176 valence electrons. The highest BCUT2D eigenvalue weighted by Gasteiger charge is 2.25. The highest BCUT2D eigenvalue weighted by molar-refractivity contribution is 14.0. The van der Waals surface area contributed by atoms with Gasteiger partial charge in [-0.25, -0.2) is 14.4 Å². The summed E-state index contributed by atoms with van der Waals surface area (Å²) >= 11 is 0. The van der Waals surface area contributed by atoms with Crippen LogP contribution in [0.4, 0.5) is 10.1 Å². The fourth-order valence-corrected chi connectivity index (χ4v) is 3.93. The molecule has 1 unspecified atom stereocenters. The van der Waals surface area contributed by atoms with Crippen molar-refractivity contribution in [3.63, 3.8) is 0 Å². The van der Waals surface area contributed by atoms with Crippen LogP contribution >= 0.6 is 24.0 Å². The molecule has 0 radical (unpaired) electrons. The van der Waals surface area contributed by atoms with Crippen molar-refractivity contribution in [1.29, 1.82) is 0 Å². The van der Waals surface area contributed by atoms with Crippen molar-refractivity contribution < 1.29 is 9.13 Å². The first-order chi connectivity index (χ1) is 15.7. The van der Waals surface area contributed by atoms with Crippen LogP contribution in [0.25, 0.3) is 5.69 Å². The second kappa shape index (κ2) is 11.9. The molecule has 2 N–H and O–H groups in total. The number of nitrogens with one attached hydrogen (secondary N) is 2. The zero-order chi connectivity index (χ0) is 22.3. The van der Waals surface area contributed by atoms with Gasteiger partial charge in [0.05, 0.1) is 31.4 Å². The lowest BCUT2D eigenvalue weighted by atomic mass is 10.2. The normalized spacial score (nSPS) is 15.8. The first kappa shape index (κ1) is 24.8. The average Bonchev–Trinajstić information content (AvgIpc) is 3.50. The minimum Gasteiger partial charge on any atom is -0.495 e. The molecule has 7 nitrogen and oxygen atoms in total. The number of methoxy groups -OCH3 is 1. The van der Waals surface area contributed by atoms with Gasteiger partial charge in [-0.15, -0.1) is 24.0 Å². The first-order valence-corrected chi connectivity index (χ1v) is 10.9. The summed E-state index contributed by atoms with van der Waals surface area (Å²) in [4.78, 5) is 11.0. The number of guanidine groups is 1. The third-order valence-electron chi connectivity index (χ3n) is 5.51. The SMILES string of the molecule is CCNC(=NCc1ccc(-n2ccnc2)c(F)c1)NC1CCN(c2ccccc2OC)C1.I. The van der Waals surface area contributed by atoms with Crippen molar-refractivity contribution in [2.24, 2.45) is 4.99 Å². The van der Waals surface area contributed by atoms with E-state index in [1.165, 1.54) is 6.07 Å². The Kier molecular flexibility index (Phi) is 8.93. The predicted octanol–water partition coefficient (Wildman–Crippen LogP) is 3.97. The van der Waals surface area contributed by atoms with Crippen molar-refractivity contribution in [1.82, 2.24) is 20.2 Å². The Balaban J connectivity index is 0.00000306. The Bertz CT molecular complexity index is 1060. The molecular formula is C24H30FIN6O. The molecule has 0 aliphatic carbocycles. The van der Waals surface area contributed by atoms with E-state index in [4.69, 9.17) is 4.74 Å². The van der Waals surface area contributed by atoms with E-state index in [1.807, 2.05) is 31.2 Å². The Morgan fingerprint density at radius 1 is 1.24 bits per heavy atom. The average molecular weight is 564 g/mol. The van der Waals surface area contributed by atoms with Crippen molar-refractivity contribution in [3.05, 3.63) is 72.6 Å². The van der Waals surface area contributed by atoms with Gasteiger partial charge in [0.2, 0.25) is 0 Å². The van der Waals surface area contributed by atoms with E-state index in [-0.39, 0.29) is 35.8 Å². The summed E-state index contributed by atoms with van der Waals surface area (Å²) in [6, 6.07) is 13.5. The molecule has 9 heteroatoms.